The van der Waals surface area contributed by atoms with Crippen LogP contribution < -0.4 is 10.0 Å². The fourth-order valence-electron chi connectivity index (χ4n) is 3.17. The number of rotatable bonds is 7. The standard InChI is InChI=1S/C21H23N3O4S/c1-4-18(16-10-6-5-7-11-16)22-21(25)17-12-8-9-13-19(17)24-29(26,27)20-14(2)23-28-15(20)3/h5-13,18,24H,4H2,1-3H3,(H,22,25). The fraction of sp³-hybridized carbons (Fsp3) is 0.238. The molecule has 0 aliphatic carbocycles. The Morgan fingerprint density at radius 1 is 1.07 bits per heavy atom. The molecule has 152 valence electrons. The van der Waals surface area contributed by atoms with Gasteiger partial charge >= 0.3 is 0 Å². The lowest BCUT2D eigenvalue weighted by Gasteiger charge is -2.19. The molecule has 0 saturated heterocycles. The number of benzene rings is 2. The van der Waals surface area contributed by atoms with E-state index in [0.29, 0.717) is 6.42 Å². The maximum absolute atomic E-state index is 12.9. The highest BCUT2D eigenvalue weighted by Gasteiger charge is 2.26. The molecule has 0 fully saturated rings. The second-order valence-electron chi connectivity index (χ2n) is 6.65. The molecule has 2 N–H and O–H groups in total. The van der Waals surface area contributed by atoms with Gasteiger partial charge in [-0.1, -0.05) is 54.5 Å². The van der Waals surface area contributed by atoms with E-state index in [0.717, 1.165) is 5.56 Å². The van der Waals surface area contributed by atoms with Crippen LogP contribution in [-0.2, 0) is 10.0 Å². The van der Waals surface area contributed by atoms with Gasteiger partial charge in [0.1, 0.15) is 5.69 Å². The first-order valence-corrected chi connectivity index (χ1v) is 10.7. The smallest absolute Gasteiger partial charge is 0.267 e. The van der Waals surface area contributed by atoms with E-state index in [4.69, 9.17) is 4.52 Å². The molecule has 0 aliphatic rings. The molecule has 3 aromatic rings. The Labute approximate surface area is 170 Å². The van der Waals surface area contributed by atoms with Crippen molar-refractivity contribution < 1.29 is 17.7 Å². The van der Waals surface area contributed by atoms with Gasteiger partial charge in [0, 0.05) is 0 Å². The van der Waals surface area contributed by atoms with Crippen LogP contribution in [-0.4, -0.2) is 19.5 Å². The number of carbonyl (C=O) groups is 1. The number of para-hydroxylation sites is 1. The summed E-state index contributed by atoms with van der Waals surface area (Å²) in [7, 11) is -3.96. The average molecular weight is 413 g/mol. The second-order valence-corrected chi connectivity index (χ2v) is 8.27. The maximum atomic E-state index is 12.9. The number of aryl methyl sites for hydroxylation is 2. The molecule has 0 radical (unpaired) electrons. The predicted molar refractivity (Wildman–Crippen MR) is 110 cm³/mol. The van der Waals surface area contributed by atoms with E-state index in [2.05, 4.69) is 15.2 Å². The first-order chi connectivity index (χ1) is 13.8. The minimum atomic E-state index is -3.96. The lowest BCUT2D eigenvalue weighted by Crippen LogP contribution is -2.29. The lowest BCUT2D eigenvalue weighted by molar-refractivity contribution is 0.0936. The summed E-state index contributed by atoms with van der Waals surface area (Å²) in [6.07, 6.45) is 0.697. The topological polar surface area (TPSA) is 101 Å². The summed E-state index contributed by atoms with van der Waals surface area (Å²) in [5, 5.41) is 6.67. The van der Waals surface area contributed by atoms with Gasteiger partial charge in [-0.05, 0) is 38.0 Å². The first kappa shape index (κ1) is 20.6. The maximum Gasteiger partial charge on any atom is 0.267 e. The Morgan fingerprint density at radius 2 is 1.72 bits per heavy atom. The average Bonchev–Trinajstić information content (AvgIpc) is 3.05. The molecule has 0 saturated carbocycles. The van der Waals surface area contributed by atoms with Gasteiger partial charge in [-0.15, -0.1) is 0 Å². The van der Waals surface area contributed by atoms with Gasteiger partial charge in [0.05, 0.1) is 17.3 Å². The lowest BCUT2D eigenvalue weighted by atomic mass is 10.0. The Morgan fingerprint density at radius 3 is 2.34 bits per heavy atom. The minimum Gasteiger partial charge on any atom is -0.360 e. The zero-order chi connectivity index (χ0) is 21.0. The molecule has 0 spiro atoms. The summed E-state index contributed by atoms with van der Waals surface area (Å²) >= 11 is 0. The Hall–Kier alpha value is -3.13. The van der Waals surface area contributed by atoms with Crippen molar-refractivity contribution in [2.24, 2.45) is 0 Å². The predicted octanol–water partition coefficient (Wildman–Crippen LogP) is 3.97. The molecule has 1 unspecified atom stereocenters. The van der Waals surface area contributed by atoms with Gasteiger partial charge in [-0.2, -0.15) is 0 Å². The largest absolute Gasteiger partial charge is 0.360 e. The second kappa shape index (κ2) is 8.48. The molecule has 7 nitrogen and oxygen atoms in total. The highest BCUT2D eigenvalue weighted by Crippen LogP contribution is 2.25. The molecule has 1 atom stereocenters. The summed E-state index contributed by atoms with van der Waals surface area (Å²) < 4.78 is 33.1. The van der Waals surface area contributed by atoms with Crippen LogP contribution in [0.15, 0.2) is 64.0 Å². The van der Waals surface area contributed by atoms with Crippen LogP contribution in [0.5, 0.6) is 0 Å². The molecule has 1 amide bonds. The van der Waals surface area contributed by atoms with Crippen molar-refractivity contribution >= 4 is 21.6 Å². The van der Waals surface area contributed by atoms with Crippen molar-refractivity contribution in [1.82, 2.24) is 10.5 Å². The molecule has 8 heteroatoms. The third-order valence-electron chi connectivity index (χ3n) is 4.57. The molecule has 2 aromatic carbocycles. The Bertz CT molecular complexity index is 1090. The third-order valence-corrected chi connectivity index (χ3v) is 6.18. The first-order valence-electron chi connectivity index (χ1n) is 9.24. The molecule has 1 heterocycles. The summed E-state index contributed by atoms with van der Waals surface area (Å²) in [6.45, 7) is 5.05. The highest BCUT2D eigenvalue weighted by atomic mass is 32.2. The summed E-state index contributed by atoms with van der Waals surface area (Å²) in [4.78, 5) is 12.9. The Balaban J connectivity index is 1.88. The number of carbonyl (C=O) groups excluding carboxylic acids is 1. The van der Waals surface area contributed by atoms with Gasteiger partial charge in [-0.3, -0.25) is 9.52 Å². The van der Waals surface area contributed by atoms with Crippen LogP contribution in [0.4, 0.5) is 5.69 Å². The summed E-state index contributed by atoms with van der Waals surface area (Å²) in [5.74, 6) is -0.176. The number of nitrogens with zero attached hydrogens (tertiary/aromatic N) is 1. The number of amides is 1. The number of sulfonamides is 1. The van der Waals surface area contributed by atoms with Gasteiger partial charge in [-0.25, -0.2) is 8.42 Å². The minimum absolute atomic E-state index is 0.0246. The summed E-state index contributed by atoms with van der Waals surface area (Å²) in [5.41, 5.74) is 1.66. The number of hydrogen-bond donors (Lipinski definition) is 2. The zero-order valence-electron chi connectivity index (χ0n) is 16.5. The van der Waals surface area contributed by atoms with E-state index in [1.165, 1.54) is 6.92 Å². The molecule has 29 heavy (non-hydrogen) atoms. The van der Waals surface area contributed by atoms with Crippen molar-refractivity contribution in [2.45, 2.75) is 38.1 Å². The van der Waals surface area contributed by atoms with Gasteiger partial charge in [0.2, 0.25) is 0 Å². The molecular formula is C21H23N3O4S. The van der Waals surface area contributed by atoms with Crippen molar-refractivity contribution in [3.63, 3.8) is 0 Å². The molecule has 0 bridgehead atoms. The normalized spacial score (nSPS) is 12.4. The number of hydrogen-bond acceptors (Lipinski definition) is 5. The van der Waals surface area contributed by atoms with Crippen molar-refractivity contribution in [1.29, 1.82) is 0 Å². The van der Waals surface area contributed by atoms with Crippen LogP contribution in [0.1, 0.15) is 46.8 Å². The highest BCUT2D eigenvalue weighted by molar-refractivity contribution is 7.92. The fourth-order valence-corrected chi connectivity index (χ4v) is 4.58. The van der Waals surface area contributed by atoms with E-state index in [1.54, 1.807) is 31.2 Å². The van der Waals surface area contributed by atoms with E-state index in [-0.39, 0.29) is 39.5 Å². The number of nitrogens with one attached hydrogen (secondary N) is 2. The molecule has 3 rings (SSSR count). The van der Waals surface area contributed by atoms with Gasteiger partial charge < -0.3 is 9.84 Å². The van der Waals surface area contributed by atoms with Crippen LogP contribution >= 0.6 is 0 Å². The van der Waals surface area contributed by atoms with Crippen LogP contribution in [0.3, 0.4) is 0 Å². The SMILES string of the molecule is CCC(NC(=O)c1ccccc1NS(=O)(=O)c1c(C)noc1C)c1ccccc1. The molecular weight excluding hydrogens is 390 g/mol. The van der Waals surface area contributed by atoms with Crippen molar-refractivity contribution in [2.75, 3.05) is 4.72 Å². The monoisotopic (exact) mass is 413 g/mol. The van der Waals surface area contributed by atoms with E-state index in [9.17, 15) is 13.2 Å². The molecule has 1 aromatic heterocycles. The van der Waals surface area contributed by atoms with Crippen LogP contribution in [0, 0.1) is 13.8 Å². The van der Waals surface area contributed by atoms with E-state index < -0.39 is 10.0 Å². The Kier molecular flexibility index (Phi) is 6.03. The summed E-state index contributed by atoms with van der Waals surface area (Å²) in [6, 6.07) is 15.9. The van der Waals surface area contributed by atoms with Crippen LogP contribution in [0.2, 0.25) is 0 Å². The number of aromatic nitrogens is 1. The zero-order valence-corrected chi connectivity index (χ0v) is 17.3. The van der Waals surface area contributed by atoms with Crippen molar-refractivity contribution in [3.05, 3.63) is 77.2 Å². The van der Waals surface area contributed by atoms with Gasteiger partial charge in [0.25, 0.3) is 15.9 Å². The molecule has 0 aliphatic heterocycles. The quantitative estimate of drug-likeness (QED) is 0.610. The van der Waals surface area contributed by atoms with E-state index in [1.807, 2.05) is 37.3 Å². The van der Waals surface area contributed by atoms with E-state index >= 15 is 0 Å². The number of anilines is 1. The third kappa shape index (κ3) is 4.48. The van der Waals surface area contributed by atoms with Crippen LogP contribution in [0.25, 0.3) is 0 Å². The van der Waals surface area contributed by atoms with Gasteiger partial charge in [0.15, 0.2) is 10.7 Å². The van der Waals surface area contributed by atoms with Crippen molar-refractivity contribution in [3.8, 4) is 0 Å².